The van der Waals surface area contributed by atoms with Crippen LogP contribution in [0.2, 0.25) is 0 Å². The van der Waals surface area contributed by atoms with Crippen LogP contribution < -0.4 is 5.32 Å². The molecule has 0 amide bonds. The number of nitrogens with one attached hydrogen (secondary N) is 1. The number of hydrogen-bond acceptors (Lipinski definition) is 5. The fraction of sp³-hybridized carbons (Fsp3) is 0.385. The second-order valence-corrected chi connectivity index (χ2v) is 4.81. The maximum absolute atomic E-state index is 10.9. The molecule has 0 aliphatic heterocycles. The Kier molecular flexibility index (Phi) is 3.71. The van der Waals surface area contributed by atoms with Crippen molar-refractivity contribution in [2.75, 3.05) is 26.0 Å². The van der Waals surface area contributed by atoms with Crippen molar-refractivity contribution in [2.45, 2.75) is 13.0 Å². The average molecular weight is 263 g/mol. The number of fused-ring (bicyclic) bond motifs is 1. The van der Waals surface area contributed by atoms with Gasteiger partial charge in [-0.2, -0.15) is 4.98 Å². The molecule has 2 N–H and O–H groups in total. The van der Waals surface area contributed by atoms with Gasteiger partial charge < -0.3 is 19.7 Å². The summed E-state index contributed by atoms with van der Waals surface area (Å²) >= 11 is 0. The monoisotopic (exact) mass is 263 g/mol. The Morgan fingerprint density at radius 3 is 2.89 bits per heavy atom. The van der Waals surface area contributed by atoms with Gasteiger partial charge in [-0.1, -0.05) is 0 Å². The largest absolute Gasteiger partial charge is 0.478 e. The van der Waals surface area contributed by atoms with Crippen molar-refractivity contribution in [2.24, 2.45) is 0 Å². The molecule has 1 aromatic carbocycles. The first-order valence-electron chi connectivity index (χ1n) is 6.01. The Labute approximate surface area is 111 Å². The minimum Gasteiger partial charge on any atom is -0.478 e. The van der Waals surface area contributed by atoms with Crippen LogP contribution >= 0.6 is 0 Å². The van der Waals surface area contributed by atoms with E-state index >= 15 is 0 Å². The molecule has 1 unspecified atom stereocenters. The number of anilines is 1. The van der Waals surface area contributed by atoms with Gasteiger partial charge in [0.15, 0.2) is 5.58 Å². The molecule has 6 nitrogen and oxygen atoms in total. The smallest absolute Gasteiger partial charge is 0.335 e. The van der Waals surface area contributed by atoms with Crippen LogP contribution in [0.1, 0.15) is 17.3 Å². The molecule has 1 heterocycles. The van der Waals surface area contributed by atoms with Gasteiger partial charge in [0.1, 0.15) is 5.52 Å². The number of aromatic nitrogens is 1. The van der Waals surface area contributed by atoms with E-state index in [2.05, 4.69) is 15.2 Å². The SMILES string of the molecule is CC(CN(C)C)Nc1nc2ccc(C(=O)O)cc2o1. The molecule has 0 radical (unpaired) electrons. The molecule has 2 rings (SSSR count). The van der Waals surface area contributed by atoms with Gasteiger partial charge in [0.05, 0.1) is 5.56 Å². The molecular weight excluding hydrogens is 246 g/mol. The molecule has 0 saturated carbocycles. The Morgan fingerprint density at radius 2 is 2.26 bits per heavy atom. The molecule has 2 aromatic rings. The fourth-order valence-corrected chi connectivity index (χ4v) is 1.92. The van der Waals surface area contributed by atoms with Crippen LogP contribution in [0.15, 0.2) is 22.6 Å². The van der Waals surface area contributed by atoms with Gasteiger partial charge in [-0.05, 0) is 39.2 Å². The van der Waals surface area contributed by atoms with Gasteiger partial charge >= 0.3 is 5.97 Å². The highest BCUT2D eigenvalue weighted by molar-refractivity contribution is 5.92. The van der Waals surface area contributed by atoms with Crippen molar-refractivity contribution < 1.29 is 14.3 Å². The van der Waals surface area contributed by atoms with Gasteiger partial charge in [-0.25, -0.2) is 4.79 Å². The number of carboxylic acids is 1. The summed E-state index contributed by atoms with van der Waals surface area (Å²) in [6.45, 7) is 2.87. The molecular formula is C13H17N3O3. The van der Waals surface area contributed by atoms with Crippen LogP contribution in [0.4, 0.5) is 6.01 Å². The molecule has 0 aliphatic carbocycles. The van der Waals surface area contributed by atoms with Gasteiger partial charge in [0, 0.05) is 12.6 Å². The molecule has 0 aliphatic rings. The minimum absolute atomic E-state index is 0.182. The molecule has 0 fully saturated rings. The van der Waals surface area contributed by atoms with Gasteiger partial charge in [-0.15, -0.1) is 0 Å². The summed E-state index contributed by atoms with van der Waals surface area (Å²) in [4.78, 5) is 17.2. The third-order valence-corrected chi connectivity index (χ3v) is 2.64. The summed E-state index contributed by atoms with van der Waals surface area (Å²) in [6, 6.07) is 5.23. The maximum atomic E-state index is 10.9. The van der Waals surface area contributed by atoms with Crippen molar-refractivity contribution in [1.82, 2.24) is 9.88 Å². The number of hydrogen-bond donors (Lipinski definition) is 2. The van der Waals surface area contributed by atoms with Crippen LogP contribution in [0.25, 0.3) is 11.1 Å². The highest BCUT2D eigenvalue weighted by Crippen LogP contribution is 2.20. The van der Waals surface area contributed by atoms with Crippen LogP contribution in [0.5, 0.6) is 0 Å². The predicted molar refractivity (Wildman–Crippen MR) is 72.6 cm³/mol. The standard InChI is InChI=1S/C13H17N3O3/c1-8(7-16(2)3)14-13-15-10-5-4-9(12(17)18)6-11(10)19-13/h4-6,8H,7H2,1-3H3,(H,14,15)(H,17,18). The Morgan fingerprint density at radius 1 is 1.53 bits per heavy atom. The average Bonchev–Trinajstić information content (AvgIpc) is 2.68. The minimum atomic E-state index is -0.978. The number of rotatable bonds is 5. The van der Waals surface area contributed by atoms with Crippen molar-refractivity contribution in [3.8, 4) is 0 Å². The van der Waals surface area contributed by atoms with E-state index in [0.717, 1.165) is 6.54 Å². The topological polar surface area (TPSA) is 78.6 Å². The quantitative estimate of drug-likeness (QED) is 0.857. The van der Waals surface area contributed by atoms with Gasteiger partial charge in [0.25, 0.3) is 6.01 Å². The van der Waals surface area contributed by atoms with E-state index in [9.17, 15) is 4.79 Å². The van der Waals surface area contributed by atoms with E-state index in [1.807, 2.05) is 21.0 Å². The zero-order valence-corrected chi connectivity index (χ0v) is 11.2. The number of aromatic carboxylic acids is 1. The molecule has 0 bridgehead atoms. The lowest BCUT2D eigenvalue weighted by atomic mass is 10.2. The molecule has 6 heteroatoms. The number of nitrogens with zero attached hydrogens (tertiary/aromatic N) is 2. The van der Waals surface area contributed by atoms with Crippen LogP contribution in [0.3, 0.4) is 0 Å². The van der Waals surface area contributed by atoms with Gasteiger partial charge in [0.2, 0.25) is 0 Å². The highest BCUT2D eigenvalue weighted by Gasteiger charge is 2.11. The van der Waals surface area contributed by atoms with Crippen LogP contribution in [-0.4, -0.2) is 47.6 Å². The Balaban J connectivity index is 2.19. The molecule has 0 spiro atoms. The molecule has 0 saturated heterocycles. The highest BCUT2D eigenvalue weighted by atomic mass is 16.4. The van der Waals surface area contributed by atoms with Crippen molar-refractivity contribution >= 4 is 23.1 Å². The van der Waals surface area contributed by atoms with E-state index in [1.165, 1.54) is 12.1 Å². The van der Waals surface area contributed by atoms with Gasteiger partial charge in [-0.3, -0.25) is 0 Å². The molecule has 19 heavy (non-hydrogen) atoms. The molecule has 102 valence electrons. The number of benzene rings is 1. The van der Waals surface area contributed by atoms with E-state index in [0.29, 0.717) is 17.1 Å². The van der Waals surface area contributed by atoms with Crippen LogP contribution in [-0.2, 0) is 0 Å². The summed E-state index contributed by atoms with van der Waals surface area (Å²) in [5.74, 6) is -0.978. The lowest BCUT2D eigenvalue weighted by Crippen LogP contribution is -2.29. The van der Waals surface area contributed by atoms with E-state index in [1.54, 1.807) is 6.07 Å². The summed E-state index contributed by atoms with van der Waals surface area (Å²) in [5.41, 5.74) is 1.31. The summed E-state index contributed by atoms with van der Waals surface area (Å²) in [7, 11) is 3.98. The fourth-order valence-electron chi connectivity index (χ4n) is 1.92. The summed E-state index contributed by atoms with van der Waals surface area (Å²) in [5, 5.41) is 12.1. The predicted octanol–water partition coefficient (Wildman–Crippen LogP) is 1.89. The summed E-state index contributed by atoms with van der Waals surface area (Å²) in [6.07, 6.45) is 0. The zero-order chi connectivity index (χ0) is 14.0. The van der Waals surface area contributed by atoms with Crippen LogP contribution in [0, 0.1) is 0 Å². The molecule has 1 aromatic heterocycles. The summed E-state index contributed by atoms with van der Waals surface area (Å²) < 4.78 is 5.51. The Bertz CT molecular complexity index is 592. The zero-order valence-electron chi connectivity index (χ0n) is 11.2. The second-order valence-electron chi connectivity index (χ2n) is 4.81. The number of carbonyl (C=O) groups is 1. The normalized spacial score (nSPS) is 12.8. The van der Waals surface area contributed by atoms with E-state index < -0.39 is 5.97 Å². The van der Waals surface area contributed by atoms with Crippen molar-refractivity contribution in [3.63, 3.8) is 0 Å². The second kappa shape index (κ2) is 5.27. The van der Waals surface area contributed by atoms with Crippen molar-refractivity contribution in [1.29, 1.82) is 0 Å². The first kappa shape index (κ1) is 13.4. The number of carboxylic acid groups (broad SMARTS) is 1. The number of oxazole rings is 1. The van der Waals surface area contributed by atoms with E-state index in [-0.39, 0.29) is 11.6 Å². The lowest BCUT2D eigenvalue weighted by Gasteiger charge is -2.16. The first-order valence-corrected chi connectivity index (χ1v) is 6.01. The Hall–Kier alpha value is -2.08. The van der Waals surface area contributed by atoms with Crippen molar-refractivity contribution in [3.05, 3.63) is 23.8 Å². The van der Waals surface area contributed by atoms with E-state index in [4.69, 9.17) is 9.52 Å². The third-order valence-electron chi connectivity index (χ3n) is 2.64. The number of likely N-dealkylation sites (N-methyl/N-ethyl adjacent to an activating group) is 1. The third kappa shape index (κ3) is 3.23. The maximum Gasteiger partial charge on any atom is 0.335 e. The molecule has 1 atom stereocenters. The first-order chi connectivity index (χ1) is 8.95. The lowest BCUT2D eigenvalue weighted by molar-refractivity contribution is 0.0697.